The molecule has 2 aliphatic carbocycles. The van der Waals surface area contributed by atoms with E-state index in [1.807, 2.05) is 43.3 Å². The SMILES string of the molecule is Cc1cccc(CN(C(=O)[C@@H]2C[C@H]2c2ccc(F)cc2)c2ccc3c(c2)[C@@H](NS(=O)(=O)c2ccc(F)cc2)CC3)n1. The fourth-order valence-electron chi connectivity index (χ4n) is 5.64. The molecular weight excluding hydrogens is 544 g/mol. The number of hydrogen-bond donors (Lipinski definition) is 1. The first-order valence-corrected chi connectivity index (χ1v) is 15.1. The summed E-state index contributed by atoms with van der Waals surface area (Å²) in [5.41, 5.74) is 5.00. The fraction of sp³-hybridized carbons (Fsp3) is 0.250. The third-order valence-corrected chi connectivity index (χ3v) is 9.37. The van der Waals surface area contributed by atoms with Crippen molar-refractivity contribution in [2.45, 2.75) is 49.6 Å². The van der Waals surface area contributed by atoms with E-state index < -0.39 is 21.9 Å². The molecule has 1 saturated carbocycles. The zero-order valence-corrected chi connectivity index (χ0v) is 23.2. The van der Waals surface area contributed by atoms with Crippen LogP contribution in [0.4, 0.5) is 14.5 Å². The standard InChI is InChI=1S/C32H29F2N3O3S/c1-20-3-2-4-25(35-20)19-37(32(38)30-18-28(30)21-5-9-23(33)10-6-21)26-13-7-22-8-16-31(29(22)17-26)36-41(39,40)27-14-11-24(34)12-15-27/h2-7,9-15,17,28,30-31,36H,8,16,18-19H2,1H3/t28-,30+,31-/m0/s1. The number of hydrogen-bond acceptors (Lipinski definition) is 4. The lowest BCUT2D eigenvalue weighted by Gasteiger charge is -2.25. The number of nitrogens with zero attached hydrogens (tertiary/aromatic N) is 2. The van der Waals surface area contributed by atoms with Crippen LogP contribution in [0.3, 0.4) is 0 Å². The number of nitrogens with one attached hydrogen (secondary N) is 1. The number of aryl methyl sites for hydroxylation is 2. The summed E-state index contributed by atoms with van der Waals surface area (Å²) in [7, 11) is -3.88. The van der Waals surface area contributed by atoms with Gasteiger partial charge in [-0.3, -0.25) is 9.78 Å². The summed E-state index contributed by atoms with van der Waals surface area (Å²) in [6.07, 6.45) is 1.93. The molecule has 3 atom stereocenters. The van der Waals surface area contributed by atoms with E-state index in [0.717, 1.165) is 40.2 Å². The molecular formula is C32H29F2N3O3S. The molecule has 3 aromatic carbocycles. The summed E-state index contributed by atoms with van der Waals surface area (Å²) in [5.74, 6) is -1.10. The highest BCUT2D eigenvalue weighted by atomic mass is 32.2. The molecule has 0 aliphatic heterocycles. The van der Waals surface area contributed by atoms with Crippen LogP contribution in [0, 0.1) is 24.5 Å². The lowest BCUT2D eigenvalue weighted by atomic mass is 10.1. The molecule has 0 bridgehead atoms. The second kappa shape index (κ2) is 10.8. The number of benzene rings is 3. The Morgan fingerprint density at radius 1 is 0.976 bits per heavy atom. The number of fused-ring (bicyclic) bond motifs is 1. The quantitative estimate of drug-likeness (QED) is 0.282. The highest BCUT2D eigenvalue weighted by molar-refractivity contribution is 7.89. The van der Waals surface area contributed by atoms with Gasteiger partial charge in [0.2, 0.25) is 15.9 Å². The molecule has 1 fully saturated rings. The van der Waals surface area contributed by atoms with Crippen molar-refractivity contribution in [1.29, 1.82) is 0 Å². The fourth-order valence-corrected chi connectivity index (χ4v) is 6.89. The van der Waals surface area contributed by atoms with Gasteiger partial charge in [-0.25, -0.2) is 21.9 Å². The molecule has 4 aromatic rings. The molecule has 1 heterocycles. The smallest absolute Gasteiger partial charge is 0.241 e. The Bertz CT molecular complexity index is 1710. The van der Waals surface area contributed by atoms with Crippen molar-refractivity contribution in [1.82, 2.24) is 9.71 Å². The first kappa shape index (κ1) is 27.2. The van der Waals surface area contributed by atoms with E-state index in [-0.39, 0.29) is 35.0 Å². The van der Waals surface area contributed by atoms with Gasteiger partial charge in [-0.2, -0.15) is 0 Å². The Balaban J connectivity index is 1.29. The second-order valence-corrected chi connectivity index (χ2v) is 12.5. The lowest BCUT2D eigenvalue weighted by molar-refractivity contribution is -0.120. The lowest BCUT2D eigenvalue weighted by Crippen LogP contribution is -2.33. The molecule has 1 aromatic heterocycles. The third-order valence-electron chi connectivity index (χ3n) is 7.88. The predicted octanol–water partition coefficient (Wildman–Crippen LogP) is 5.97. The number of carbonyl (C=O) groups excluding carboxylic acids is 1. The minimum Gasteiger partial charge on any atom is -0.306 e. The van der Waals surface area contributed by atoms with Crippen molar-refractivity contribution in [2.75, 3.05) is 4.90 Å². The summed E-state index contributed by atoms with van der Waals surface area (Å²) in [6, 6.07) is 22.0. The normalized spacial score (nSPS) is 19.5. The highest BCUT2D eigenvalue weighted by Crippen LogP contribution is 2.49. The molecule has 6 rings (SSSR count). The van der Waals surface area contributed by atoms with Gasteiger partial charge in [0.05, 0.1) is 17.1 Å². The molecule has 41 heavy (non-hydrogen) atoms. The van der Waals surface area contributed by atoms with E-state index in [4.69, 9.17) is 0 Å². The van der Waals surface area contributed by atoms with Gasteiger partial charge < -0.3 is 4.90 Å². The molecule has 0 unspecified atom stereocenters. The van der Waals surface area contributed by atoms with Crippen molar-refractivity contribution in [2.24, 2.45) is 5.92 Å². The van der Waals surface area contributed by atoms with Crippen LogP contribution in [-0.4, -0.2) is 19.3 Å². The van der Waals surface area contributed by atoms with Gasteiger partial charge in [-0.15, -0.1) is 0 Å². The van der Waals surface area contributed by atoms with Crippen molar-refractivity contribution < 1.29 is 22.0 Å². The number of halogens is 2. The van der Waals surface area contributed by atoms with E-state index in [9.17, 15) is 22.0 Å². The van der Waals surface area contributed by atoms with Crippen LogP contribution >= 0.6 is 0 Å². The number of carbonyl (C=O) groups is 1. The van der Waals surface area contributed by atoms with Gasteiger partial charge in [0, 0.05) is 23.3 Å². The largest absolute Gasteiger partial charge is 0.306 e. The first-order valence-electron chi connectivity index (χ1n) is 13.6. The molecule has 1 N–H and O–H groups in total. The molecule has 0 saturated heterocycles. The maximum Gasteiger partial charge on any atom is 0.241 e. The van der Waals surface area contributed by atoms with Crippen LogP contribution in [0.5, 0.6) is 0 Å². The molecule has 1 amide bonds. The number of amides is 1. The van der Waals surface area contributed by atoms with Crippen LogP contribution in [0.1, 0.15) is 52.9 Å². The van der Waals surface area contributed by atoms with Gasteiger partial charge >= 0.3 is 0 Å². The van der Waals surface area contributed by atoms with E-state index >= 15 is 0 Å². The van der Waals surface area contributed by atoms with Crippen molar-refractivity contribution in [3.05, 3.63) is 125 Å². The second-order valence-electron chi connectivity index (χ2n) is 10.7. The van der Waals surface area contributed by atoms with Gasteiger partial charge in [0.25, 0.3) is 0 Å². The van der Waals surface area contributed by atoms with Crippen LogP contribution in [0.15, 0.2) is 89.8 Å². The molecule has 2 aliphatic rings. The van der Waals surface area contributed by atoms with Gasteiger partial charge in [-0.1, -0.05) is 24.3 Å². The number of rotatable bonds is 8. The summed E-state index contributed by atoms with van der Waals surface area (Å²) in [4.78, 5) is 20.3. The summed E-state index contributed by atoms with van der Waals surface area (Å²) in [5, 5.41) is 0. The topological polar surface area (TPSA) is 79.4 Å². The minimum atomic E-state index is -3.88. The van der Waals surface area contributed by atoms with E-state index in [1.54, 1.807) is 17.0 Å². The van der Waals surface area contributed by atoms with Crippen molar-refractivity contribution in [3.8, 4) is 0 Å². The average Bonchev–Trinajstić information content (AvgIpc) is 3.66. The van der Waals surface area contributed by atoms with Crippen LogP contribution in [-0.2, 0) is 27.8 Å². The van der Waals surface area contributed by atoms with Crippen LogP contribution < -0.4 is 9.62 Å². The Kier molecular flexibility index (Phi) is 7.17. The molecule has 6 nitrogen and oxygen atoms in total. The van der Waals surface area contributed by atoms with Crippen LogP contribution in [0.25, 0.3) is 0 Å². The van der Waals surface area contributed by atoms with Gasteiger partial charge in [-0.05, 0) is 109 Å². The Morgan fingerprint density at radius 3 is 2.39 bits per heavy atom. The molecule has 210 valence electrons. The van der Waals surface area contributed by atoms with Crippen molar-refractivity contribution >= 4 is 21.6 Å². The minimum absolute atomic E-state index is 0.00796. The molecule has 9 heteroatoms. The summed E-state index contributed by atoms with van der Waals surface area (Å²) >= 11 is 0. The average molecular weight is 574 g/mol. The maximum absolute atomic E-state index is 14.0. The molecule has 0 radical (unpaired) electrons. The Labute approximate surface area is 238 Å². The summed E-state index contributed by atoms with van der Waals surface area (Å²) < 4.78 is 55.7. The highest BCUT2D eigenvalue weighted by Gasteiger charge is 2.46. The van der Waals surface area contributed by atoms with Gasteiger partial charge in [0.1, 0.15) is 11.6 Å². The zero-order valence-electron chi connectivity index (χ0n) is 22.4. The van der Waals surface area contributed by atoms with E-state index in [1.165, 1.54) is 24.3 Å². The number of sulfonamides is 1. The number of aromatic nitrogens is 1. The molecule has 0 spiro atoms. The summed E-state index contributed by atoms with van der Waals surface area (Å²) in [6.45, 7) is 2.16. The zero-order chi connectivity index (χ0) is 28.7. The Hall–Kier alpha value is -3.95. The Morgan fingerprint density at radius 2 is 1.68 bits per heavy atom. The first-order chi connectivity index (χ1) is 19.7. The third kappa shape index (κ3) is 5.78. The van der Waals surface area contributed by atoms with Gasteiger partial charge in [0.15, 0.2) is 0 Å². The maximum atomic E-state index is 14.0. The van der Waals surface area contributed by atoms with E-state index in [0.29, 0.717) is 24.9 Å². The monoisotopic (exact) mass is 573 g/mol. The number of anilines is 1. The van der Waals surface area contributed by atoms with Crippen LogP contribution in [0.2, 0.25) is 0 Å². The van der Waals surface area contributed by atoms with E-state index in [2.05, 4.69) is 9.71 Å². The van der Waals surface area contributed by atoms with Crippen molar-refractivity contribution in [3.63, 3.8) is 0 Å². The predicted molar refractivity (Wildman–Crippen MR) is 152 cm³/mol. The number of pyridine rings is 1.